The van der Waals surface area contributed by atoms with Gasteiger partial charge in [0.15, 0.2) is 15.9 Å². The van der Waals surface area contributed by atoms with E-state index in [2.05, 4.69) is 0 Å². The van der Waals surface area contributed by atoms with E-state index >= 15 is 0 Å². The SMILES string of the molecule is CCOC(=O)C1COC(=O)N1C1CCN(C(=O)CS(=O)(=O)C=Cc2ccccc2)CC1. The Kier molecular flexibility index (Phi) is 7.32. The summed E-state index contributed by atoms with van der Waals surface area (Å²) in [5.41, 5.74) is 0.730. The van der Waals surface area contributed by atoms with Gasteiger partial charge >= 0.3 is 12.1 Å². The number of carbonyl (C=O) groups excluding carboxylic acids is 3. The largest absolute Gasteiger partial charge is 0.464 e. The van der Waals surface area contributed by atoms with Crippen molar-refractivity contribution in [3.05, 3.63) is 41.3 Å². The summed E-state index contributed by atoms with van der Waals surface area (Å²) in [5.74, 6) is -1.61. The normalized spacial score (nSPS) is 20.2. The zero-order chi connectivity index (χ0) is 22.4. The third kappa shape index (κ3) is 5.84. The van der Waals surface area contributed by atoms with E-state index in [-0.39, 0.29) is 19.3 Å². The number of amides is 2. The number of piperidine rings is 1. The molecular weight excluding hydrogens is 424 g/mol. The highest BCUT2D eigenvalue weighted by molar-refractivity contribution is 7.95. The van der Waals surface area contributed by atoms with Crippen molar-refractivity contribution in [2.24, 2.45) is 0 Å². The molecule has 1 unspecified atom stereocenters. The highest BCUT2D eigenvalue weighted by Gasteiger charge is 2.44. The Bertz CT molecular complexity index is 938. The lowest BCUT2D eigenvalue weighted by Gasteiger charge is -2.37. The first kappa shape index (κ1) is 22.8. The molecule has 1 atom stereocenters. The van der Waals surface area contributed by atoms with Crippen molar-refractivity contribution in [2.75, 3.05) is 32.1 Å². The molecule has 0 aliphatic carbocycles. The first-order valence-electron chi connectivity index (χ1n) is 10.2. The first-order chi connectivity index (χ1) is 14.8. The molecule has 2 fully saturated rings. The summed E-state index contributed by atoms with van der Waals surface area (Å²) in [5, 5.41) is 1.05. The van der Waals surface area contributed by atoms with E-state index in [0.717, 1.165) is 11.0 Å². The molecule has 0 N–H and O–H groups in total. The van der Waals surface area contributed by atoms with Crippen LogP contribution in [0.15, 0.2) is 35.7 Å². The molecule has 0 saturated carbocycles. The van der Waals surface area contributed by atoms with E-state index in [0.29, 0.717) is 25.9 Å². The summed E-state index contributed by atoms with van der Waals surface area (Å²) in [6, 6.07) is 7.90. The van der Waals surface area contributed by atoms with Gasteiger partial charge in [0, 0.05) is 24.5 Å². The van der Waals surface area contributed by atoms with E-state index in [1.807, 2.05) is 6.07 Å². The van der Waals surface area contributed by atoms with Gasteiger partial charge in [0.25, 0.3) is 0 Å². The minimum absolute atomic E-state index is 0.0528. The maximum absolute atomic E-state index is 12.5. The average Bonchev–Trinajstić information content (AvgIpc) is 3.14. The van der Waals surface area contributed by atoms with Gasteiger partial charge < -0.3 is 14.4 Å². The lowest BCUT2D eigenvalue weighted by Crippen LogP contribution is -2.52. The van der Waals surface area contributed by atoms with Gasteiger partial charge in [0.1, 0.15) is 12.4 Å². The number of rotatable bonds is 7. The molecule has 9 nitrogen and oxygen atoms in total. The maximum atomic E-state index is 12.5. The average molecular weight is 451 g/mol. The molecule has 10 heteroatoms. The third-order valence-electron chi connectivity index (χ3n) is 5.27. The van der Waals surface area contributed by atoms with Crippen LogP contribution in [-0.4, -0.2) is 80.3 Å². The summed E-state index contributed by atoms with van der Waals surface area (Å²) in [6.45, 7) is 2.43. The molecule has 0 bridgehead atoms. The van der Waals surface area contributed by atoms with Crippen LogP contribution in [0.4, 0.5) is 4.79 Å². The lowest BCUT2D eigenvalue weighted by molar-refractivity contribution is -0.148. The number of benzene rings is 1. The van der Waals surface area contributed by atoms with Crippen LogP contribution in [0.25, 0.3) is 6.08 Å². The second kappa shape index (κ2) is 9.95. The van der Waals surface area contributed by atoms with Gasteiger partial charge in [0.05, 0.1) is 6.61 Å². The standard InChI is InChI=1S/C21H26N2O7S/c1-2-29-20(25)18-14-30-21(26)23(18)17-8-11-22(12-9-17)19(24)15-31(27,28)13-10-16-6-4-3-5-7-16/h3-7,10,13,17-18H,2,8-9,11-12,14-15H2,1H3. The number of esters is 1. The zero-order valence-corrected chi connectivity index (χ0v) is 18.1. The fourth-order valence-electron chi connectivity index (χ4n) is 3.71. The van der Waals surface area contributed by atoms with Crippen molar-refractivity contribution >= 4 is 33.9 Å². The van der Waals surface area contributed by atoms with Crippen LogP contribution < -0.4 is 0 Å². The molecule has 0 radical (unpaired) electrons. The fourth-order valence-corrected chi connectivity index (χ4v) is 4.69. The molecule has 1 aromatic carbocycles. The Morgan fingerprint density at radius 1 is 1.19 bits per heavy atom. The van der Waals surface area contributed by atoms with Crippen molar-refractivity contribution in [1.82, 2.24) is 9.80 Å². The monoisotopic (exact) mass is 450 g/mol. The molecule has 0 aromatic heterocycles. The highest BCUT2D eigenvalue weighted by atomic mass is 32.2. The van der Waals surface area contributed by atoms with Crippen LogP contribution in [0.3, 0.4) is 0 Å². The van der Waals surface area contributed by atoms with Crippen molar-refractivity contribution in [1.29, 1.82) is 0 Å². The van der Waals surface area contributed by atoms with Gasteiger partial charge in [-0.25, -0.2) is 18.0 Å². The molecular formula is C21H26N2O7S. The van der Waals surface area contributed by atoms with Crippen molar-refractivity contribution in [2.45, 2.75) is 31.8 Å². The molecule has 2 heterocycles. The number of cyclic esters (lactones) is 1. The highest BCUT2D eigenvalue weighted by Crippen LogP contribution is 2.25. The van der Waals surface area contributed by atoms with Crippen molar-refractivity contribution in [3.8, 4) is 0 Å². The summed E-state index contributed by atoms with van der Waals surface area (Å²) in [7, 11) is -3.71. The van der Waals surface area contributed by atoms with Crippen LogP contribution in [0.1, 0.15) is 25.3 Å². The minimum atomic E-state index is -3.71. The van der Waals surface area contributed by atoms with Crippen molar-refractivity contribution in [3.63, 3.8) is 0 Å². The van der Waals surface area contributed by atoms with Crippen LogP contribution in [0, 0.1) is 0 Å². The minimum Gasteiger partial charge on any atom is -0.464 e. The van der Waals surface area contributed by atoms with Gasteiger partial charge in [-0.1, -0.05) is 30.3 Å². The number of ether oxygens (including phenoxy) is 2. The molecule has 1 aromatic rings. The third-order valence-corrected chi connectivity index (χ3v) is 6.47. The summed E-state index contributed by atoms with van der Waals surface area (Å²) < 4.78 is 34.6. The quantitative estimate of drug-likeness (QED) is 0.578. The molecule has 168 valence electrons. The van der Waals surface area contributed by atoms with Gasteiger partial charge in [0.2, 0.25) is 5.91 Å². The van der Waals surface area contributed by atoms with Crippen LogP contribution >= 0.6 is 0 Å². The molecule has 2 aliphatic rings. The predicted molar refractivity (Wildman–Crippen MR) is 112 cm³/mol. The van der Waals surface area contributed by atoms with Crippen LogP contribution in [0.2, 0.25) is 0 Å². The van der Waals surface area contributed by atoms with E-state index < -0.39 is 39.6 Å². The number of hydrogen-bond donors (Lipinski definition) is 0. The van der Waals surface area contributed by atoms with E-state index in [1.165, 1.54) is 15.9 Å². The Labute approximate surface area is 181 Å². The van der Waals surface area contributed by atoms with Gasteiger partial charge in [-0.2, -0.15) is 0 Å². The van der Waals surface area contributed by atoms with Gasteiger partial charge in [-0.05, 0) is 31.4 Å². The van der Waals surface area contributed by atoms with E-state index in [9.17, 15) is 22.8 Å². The van der Waals surface area contributed by atoms with Crippen LogP contribution in [-0.2, 0) is 28.9 Å². The van der Waals surface area contributed by atoms with Gasteiger partial charge in [-0.3, -0.25) is 9.69 Å². The Morgan fingerprint density at radius 3 is 2.52 bits per heavy atom. The Morgan fingerprint density at radius 2 is 1.87 bits per heavy atom. The second-order valence-corrected chi connectivity index (χ2v) is 9.27. The molecule has 0 spiro atoms. The number of sulfone groups is 1. The second-order valence-electron chi connectivity index (χ2n) is 7.38. The van der Waals surface area contributed by atoms with E-state index in [1.54, 1.807) is 31.2 Å². The molecule has 2 aliphatic heterocycles. The smallest absolute Gasteiger partial charge is 0.410 e. The Hall–Kier alpha value is -2.88. The topological polar surface area (TPSA) is 110 Å². The number of likely N-dealkylation sites (tertiary alicyclic amines) is 1. The molecule has 2 amide bonds. The lowest BCUT2D eigenvalue weighted by atomic mass is 10.0. The van der Waals surface area contributed by atoms with Crippen LogP contribution in [0.5, 0.6) is 0 Å². The maximum Gasteiger partial charge on any atom is 0.410 e. The van der Waals surface area contributed by atoms with Gasteiger partial charge in [-0.15, -0.1) is 0 Å². The number of hydrogen-bond acceptors (Lipinski definition) is 7. The molecule has 3 rings (SSSR count). The predicted octanol–water partition coefficient (Wildman–Crippen LogP) is 1.45. The van der Waals surface area contributed by atoms with Crippen molar-refractivity contribution < 1.29 is 32.3 Å². The molecule has 2 saturated heterocycles. The fraction of sp³-hybridized carbons (Fsp3) is 0.476. The summed E-state index contributed by atoms with van der Waals surface area (Å²) >= 11 is 0. The number of carbonyl (C=O) groups is 3. The molecule has 31 heavy (non-hydrogen) atoms. The summed E-state index contributed by atoms with van der Waals surface area (Å²) in [6.07, 6.45) is 1.74. The Balaban J connectivity index is 1.55. The summed E-state index contributed by atoms with van der Waals surface area (Å²) in [4.78, 5) is 39.6. The number of nitrogens with zero attached hydrogens (tertiary/aromatic N) is 2. The first-order valence-corrected chi connectivity index (χ1v) is 11.9. The zero-order valence-electron chi connectivity index (χ0n) is 17.3. The van der Waals surface area contributed by atoms with E-state index in [4.69, 9.17) is 9.47 Å².